The van der Waals surface area contributed by atoms with Crippen molar-refractivity contribution in [3.8, 4) is 11.5 Å². The predicted molar refractivity (Wildman–Crippen MR) is 277 cm³/mol. The number of methoxy groups -OCH3 is 1. The molecule has 0 radical (unpaired) electrons. The van der Waals surface area contributed by atoms with Gasteiger partial charge in [0.1, 0.15) is 11.5 Å². The first-order chi connectivity index (χ1) is 34.8. The molecule has 72 heavy (non-hydrogen) atoms. The fourth-order valence-electron chi connectivity index (χ4n) is 11.4. The molecule has 1 spiro atoms. The highest BCUT2D eigenvalue weighted by molar-refractivity contribution is 6.91. The van der Waals surface area contributed by atoms with E-state index < -0.39 is 36.7 Å². The molecule has 5 aromatic carbocycles. The van der Waals surface area contributed by atoms with E-state index in [1.807, 2.05) is 98.0 Å². The number of benzene rings is 5. The molecule has 0 saturated carbocycles. The fraction of sp³-hybridized carbons (Fsp3) is 0.382. The number of nitrogens with zero attached hydrogens (tertiary/aromatic N) is 6. The number of aryl methyl sites for hydroxylation is 1. The van der Waals surface area contributed by atoms with Gasteiger partial charge < -0.3 is 34.6 Å². The van der Waals surface area contributed by atoms with Crippen LogP contribution in [0, 0.1) is 16.0 Å². The second-order valence-corrected chi connectivity index (χ2v) is 24.2. The number of nitro benzene ring substituents is 1. The first-order valence-electron chi connectivity index (χ1n) is 24.8. The zero-order chi connectivity index (χ0) is 50.7. The van der Waals surface area contributed by atoms with Crippen molar-refractivity contribution < 1.29 is 38.9 Å². The van der Waals surface area contributed by atoms with Gasteiger partial charge in [0.15, 0.2) is 5.60 Å². The van der Waals surface area contributed by atoms with E-state index in [0.29, 0.717) is 73.8 Å². The number of aromatic nitrogens is 3. The Morgan fingerprint density at radius 3 is 2.43 bits per heavy atom. The normalized spacial score (nSPS) is 21.0. The van der Waals surface area contributed by atoms with Gasteiger partial charge in [-0.2, -0.15) is 0 Å². The van der Waals surface area contributed by atoms with Gasteiger partial charge in [-0.1, -0.05) is 85.0 Å². The number of nitro groups is 1. The van der Waals surface area contributed by atoms with E-state index in [4.69, 9.17) is 14.2 Å². The van der Waals surface area contributed by atoms with Crippen LogP contribution in [0.2, 0.25) is 18.6 Å². The summed E-state index contributed by atoms with van der Waals surface area (Å²) >= 11 is 0. The van der Waals surface area contributed by atoms with Crippen molar-refractivity contribution in [2.24, 2.45) is 5.92 Å². The molecule has 4 heterocycles. The molecular formula is C55H63N7O9Si. The van der Waals surface area contributed by atoms with Crippen LogP contribution in [0.25, 0.3) is 0 Å². The van der Waals surface area contributed by atoms with E-state index in [-0.39, 0.29) is 48.7 Å². The van der Waals surface area contributed by atoms with Crippen molar-refractivity contribution in [2.75, 3.05) is 43.3 Å². The fourth-order valence-corrected chi connectivity index (χ4v) is 15.5. The van der Waals surface area contributed by atoms with E-state index in [2.05, 4.69) is 47.8 Å². The molecule has 9 rings (SSSR count). The minimum absolute atomic E-state index is 0.0745. The maximum absolute atomic E-state index is 15.8. The van der Waals surface area contributed by atoms with Crippen molar-refractivity contribution in [3.05, 3.63) is 160 Å². The number of hydrogen-bond donors (Lipinski definition) is 3. The number of hydrogen-bond acceptors (Lipinski definition) is 12. The van der Waals surface area contributed by atoms with Gasteiger partial charge >= 0.3 is 0 Å². The molecule has 1 fully saturated rings. The van der Waals surface area contributed by atoms with E-state index in [1.54, 1.807) is 27.7 Å². The molecule has 16 nitrogen and oxygen atoms in total. The third-order valence-corrected chi connectivity index (χ3v) is 19.4. The minimum Gasteiger partial charge on any atom is -0.497 e. The summed E-state index contributed by atoms with van der Waals surface area (Å²) in [6, 6.07) is 35.2. The summed E-state index contributed by atoms with van der Waals surface area (Å²) in [5.74, 6) is 0.209. The van der Waals surface area contributed by atoms with E-state index in [9.17, 15) is 25.1 Å². The number of unbranched alkanes of at least 4 members (excludes halogenated alkanes) is 1. The second-order valence-electron chi connectivity index (χ2n) is 19.6. The molecule has 2 amide bonds. The van der Waals surface area contributed by atoms with Gasteiger partial charge in [-0.05, 0) is 110 Å². The molecule has 1 saturated heterocycles. The lowest BCUT2D eigenvalue weighted by atomic mass is 9.82. The molecule has 376 valence electrons. The third kappa shape index (κ3) is 9.42. The Kier molecular flexibility index (Phi) is 14.7. The lowest BCUT2D eigenvalue weighted by molar-refractivity contribution is -0.385. The topological polar surface area (TPSA) is 195 Å². The van der Waals surface area contributed by atoms with Crippen LogP contribution in [0.4, 0.5) is 22.7 Å². The molecule has 3 aliphatic rings. The van der Waals surface area contributed by atoms with Gasteiger partial charge in [0.25, 0.3) is 11.6 Å². The molecule has 17 heteroatoms. The summed E-state index contributed by atoms with van der Waals surface area (Å²) < 4.78 is 20.5. The number of non-ortho nitro benzene ring substituents is 1. The average Bonchev–Trinajstić information content (AvgIpc) is 4.05. The van der Waals surface area contributed by atoms with Gasteiger partial charge in [-0.25, -0.2) is 0 Å². The molecular weight excluding hydrogens is 931 g/mol. The molecule has 0 aliphatic carbocycles. The Morgan fingerprint density at radius 2 is 1.71 bits per heavy atom. The number of carbonyl (C=O) groups is 2. The van der Waals surface area contributed by atoms with E-state index in [1.165, 1.54) is 12.1 Å². The van der Waals surface area contributed by atoms with Gasteiger partial charge in [-0.3, -0.25) is 29.3 Å². The largest absolute Gasteiger partial charge is 0.497 e. The van der Waals surface area contributed by atoms with Crippen LogP contribution < -0.4 is 29.8 Å². The first-order valence-corrected chi connectivity index (χ1v) is 27.9. The number of amides is 2. The summed E-state index contributed by atoms with van der Waals surface area (Å²) in [4.78, 5) is 45.8. The van der Waals surface area contributed by atoms with Gasteiger partial charge in [0.05, 0.1) is 75.0 Å². The highest BCUT2D eigenvalue weighted by atomic mass is 28.3. The molecule has 6 atom stereocenters. The number of rotatable bonds is 20. The second kappa shape index (κ2) is 21.1. The molecule has 3 N–H and O–H groups in total. The van der Waals surface area contributed by atoms with Crippen LogP contribution in [-0.4, -0.2) is 95.6 Å². The number of carbonyl (C=O) groups excluding carboxylic acids is 2. The minimum atomic E-state index is -2.60. The lowest BCUT2D eigenvalue weighted by Crippen LogP contribution is -2.51. The van der Waals surface area contributed by atoms with Gasteiger partial charge in [0.2, 0.25) is 5.91 Å². The predicted octanol–water partition coefficient (Wildman–Crippen LogP) is 7.52. The Balaban J connectivity index is 1.07. The smallest absolute Gasteiger partial charge is 0.269 e. The summed E-state index contributed by atoms with van der Waals surface area (Å²) in [5.41, 5.74) is 3.69. The molecule has 2 unspecified atom stereocenters. The van der Waals surface area contributed by atoms with Crippen molar-refractivity contribution in [1.82, 2.24) is 20.3 Å². The lowest BCUT2D eigenvalue weighted by Gasteiger charge is -2.37. The monoisotopic (exact) mass is 993 g/mol. The zero-order valence-electron chi connectivity index (χ0n) is 41.4. The summed E-state index contributed by atoms with van der Waals surface area (Å²) in [7, 11) is -0.966. The van der Waals surface area contributed by atoms with Crippen molar-refractivity contribution in [3.63, 3.8) is 0 Å². The maximum Gasteiger partial charge on any atom is 0.269 e. The van der Waals surface area contributed by atoms with E-state index in [0.717, 1.165) is 33.3 Å². The van der Waals surface area contributed by atoms with Crippen molar-refractivity contribution in [1.29, 1.82) is 0 Å². The highest BCUT2D eigenvalue weighted by Gasteiger charge is 2.66. The van der Waals surface area contributed by atoms with Gasteiger partial charge in [0, 0.05) is 48.6 Å². The summed E-state index contributed by atoms with van der Waals surface area (Å²) in [5, 5.41) is 45.9. The first kappa shape index (κ1) is 50.2. The van der Waals surface area contributed by atoms with Crippen LogP contribution >= 0.6 is 0 Å². The van der Waals surface area contributed by atoms with Crippen LogP contribution in [0.3, 0.4) is 0 Å². The number of anilines is 3. The molecule has 6 aromatic rings. The Labute approximate surface area is 420 Å². The summed E-state index contributed by atoms with van der Waals surface area (Å²) in [6.45, 7) is 10.0. The van der Waals surface area contributed by atoms with E-state index >= 15 is 4.79 Å². The quantitative estimate of drug-likeness (QED) is 0.0295. The van der Waals surface area contributed by atoms with Crippen LogP contribution in [0.15, 0.2) is 121 Å². The third-order valence-electron chi connectivity index (χ3n) is 15.0. The Morgan fingerprint density at radius 1 is 0.944 bits per heavy atom. The highest BCUT2D eigenvalue weighted by Crippen LogP contribution is 2.60. The standard InChI is InChI=1S/C55H63N7O9Si/c1-6-70-43-20-24-49-39(30-43)31-47(56-26-10-11-28-63)53(65)61(49)40-16-12-13-37(29-40)33-60-50-23-17-41(62(67)68)32-46(50)55(54(60)66)36(2)52(72(4,5)44-21-18-42(69-3)19-22-44)51(71-55)25-27-59-34-48(57-58-59)45(35-64)38-14-8-7-9-15-38/h7-9,12-24,29-30,32,34,36,45,47,51-52,56,63-64H,6,10-11,25-28,31,33,35H2,1-5H3/t36-,45?,47?,51+,52-,55+/m0/s1. The number of aliphatic hydroxyl groups excluding tert-OH is 2. The molecule has 1 aromatic heterocycles. The number of ether oxygens (including phenoxy) is 3. The van der Waals surface area contributed by atoms with Crippen LogP contribution in [0.5, 0.6) is 11.5 Å². The number of aliphatic hydroxyl groups is 2. The SMILES string of the molecule is CCOc1ccc2c(c1)CC(NCCCCO)C(=O)N2c1cccc(CN2C(=O)[C@]3(O[C@H](CCn4cc(C(CO)c5ccccc5)nn4)[C@@H]([Si](C)(C)c4ccc(OC)cc4)[C@@H]3C)c3cc([N+](=O)[O-])ccc32)c1. The molecule has 0 bridgehead atoms. The van der Waals surface area contributed by atoms with Crippen LogP contribution in [0.1, 0.15) is 67.0 Å². The van der Waals surface area contributed by atoms with Gasteiger partial charge in [-0.15, -0.1) is 5.10 Å². The van der Waals surface area contributed by atoms with Crippen LogP contribution in [-0.2, 0) is 39.4 Å². The zero-order valence-corrected chi connectivity index (χ0v) is 42.4. The Bertz CT molecular complexity index is 2920. The van der Waals surface area contributed by atoms with Crippen molar-refractivity contribution in [2.45, 2.75) is 94.9 Å². The Hall–Kier alpha value is -6.76. The number of fused-ring (bicyclic) bond motifs is 3. The summed E-state index contributed by atoms with van der Waals surface area (Å²) in [6.07, 6.45) is 3.62. The number of nitrogens with one attached hydrogen (secondary N) is 1. The average molecular weight is 994 g/mol. The maximum atomic E-state index is 15.8. The van der Waals surface area contributed by atoms with Crippen molar-refractivity contribution >= 4 is 47.8 Å². The molecule has 3 aliphatic heterocycles.